The molecule has 2 aromatic heterocycles. The SMILES string of the molecule is Cc1ccccc1N1Cc2c(NCc3cccs3)ncnc2N(C)CC1=O. The number of aromatic nitrogens is 2. The van der Waals surface area contributed by atoms with Gasteiger partial charge in [0.05, 0.1) is 25.2 Å². The Morgan fingerprint density at radius 2 is 2.00 bits per heavy atom. The van der Waals surface area contributed by atoms with Crippen molar-refractivity contribution in [2.75, 3.05) is 28.7 Å². The maximum atomic E-state index is 12.9. The van der Waals surface area contributed by atoms with Crippen molar-refractivity contribution in [3.05, 3.63) is 64.1 Å². The summed E-state index contributed by atoms with van der Waals surface area (Å²) in [5, 5.41) is 5.48. The molecule has 0 fully saturated rings. The van der Waals surface area contributed by atoms with Crippen LogP contribution in [0.25, 0.3) is 0 Å². The second kappa shape index (κ2) is 7.36. The standard InChI is InChI=1S/C20H21N5OS/c1-14-6-3-4-8-17(14)25-11-16-19(21-10-15-7-5-9-27-15)22-13-23-20(16)24(2)12-18(25)26/h3-9,13H,10-12H2,1-2H3,(H,21,22,23). The Balaban J connectivity index is 1.71. The van der Waals surface area contributed by atoms with Crippen molar-refractivity contribution in [1.82, 2.24) is 9.97 Å². The van der Waals surface area contributed by atoms with Crippen molar-refractivity contribution in [2.24, 2.45) is 0 Å². The molecule has 0 atom stereocenters. The zero-order valence-corrected chi connectivity index (χ0v) is 16.2. The lowest BCUT2D eigenvalue weighted by atomic mass is 10.1. The molecule has 1 aliphatic rings. The molecule has 4 rings (SSSR count). The number of nitrogens with one attached hydrogen (secondary N) is 1. The Morgan fingerprint density at radius 3 is 2.78 bits per heavy atom. The molecule has 0 saturated carbocycles. The Hall–Kier alpha value is -2.93. The number of benzene rings is 1. The lowest BCUT2D eigenvalue weighted by Gasteiger charge is -2.23. The number of hydrogen-bond acceptors (Lipinski definition) is 6. The number of fused-ring (bicyclic) bond motifs is 1. The van der Waals surface area contributed by atoms with Gasteiger partial charge >= 0.3 is 0 Å². The zero-order chi connectivity index (χ0) is 18.8. The molecule has 0 bridgehead atoms. The molecule has 0 spiro atoms. The Morgan fingerprint density at radius 1 is 1.15 bits per heavy atom. The van der Waals surface area contributed by atoms with Crippen LogP contribution in [0.2, 0.25) is 0 Å². The van der Waals surface area contributed by atoms with Crippen molar-refractivity contribution in [3.63, 3.8) is 0 Å². The van der Waals surface area contributed by atoms with Crippen molar-refractivity contribution in [2.45, 2.75) is 20.0 Å². The van der Waals surface area contributed by atoms with Crippen LogP contribution in [0.3, 0.4) is 0 Å². The number of anilines is 3. The molecule has 1 aliphatic heterocycles. The third kappa shape index (κ3) is 3.50. The second-order valence-electron chi connectivity index (χ2n) is 6.58. The zero-order valence-electron chi connectivity index (χ0n) is 15.3. The third-order valence-electron chi connectivity index (χ3n) is 4.69. The predicted molar refractivity (Wildman–Crippen MR) is 109 cm³/mol. The molecule has 0 unspecified atom stereocenters. The van der Waals surface area contributed by atoms with Crippen LogP contribution in [0.15, 0.2) is 48.1 Å². The van der Waals surface area contributed by atoms with Crippen LogP contribution in [-0.2, 0) is 17.9 Å². The number of nitrogens with zero attached hydrogens (tertiary/aromatic N) is 4. The number of hydrogen-bond donors (Lipinski definition) is 1. The molecule has 3 aromatic rings. The third-order valence-corrected chi connectivity index (χ3v) is 5.57. The quantitative estimate of drug-likeness (QED) is 0.752. The van der Waals surface area contributed by atoms with Gasteiger partial charge in [-0.15, -0.1) is 11.3 Å². The van der Waals surface area contributed by atoms with Gasteiger partial charge < -0.3 is 15.1 Å². The second-order valence-corrected chi connectivity index (χ2v) is 7.61. The van der Waals surface area contributed by atoms with E-state index in [1.54, 1.807) is 17.7 Å². The fraction of sp³-hybridized carbons (Fsp3) is 0.250. The van der Waals surface area contributed by atoms with Crippen LogP contribution >= 0.6 is 11.3 Å². The lowest BCUT2D eigenvalue weighted by molar-refractivity contribution is -0.117. The summed E-state index contributed by atoms with van der Waals surface area (Å²) in [5.41, 5.74) is 2.93. The average molecular weight is 379 g/mol. The van der Waals surface area contributed by atoms with Crippen LogP contribution in [0, 0.1) is 6.92 Å². The number of amides is 1. The van der Waals surface area contributed by atoms with E-state index in [0.29, 0.717) is 13.1 Å². The van der Waals surface area contributed by atoms with E-state index in [-0.39, 0.29) is 12.5 Å². The van der Waals surface area contributed by atoms with Gasteiger partial charge in [0.15, 0.2) is 0 Å². The lowest BCUT2D eigenvalue weighted by Crippen LogP contribution is -2.36. The highest BCUT2D eigenvalue weighted by molar-refractivity contribution is 7.09. The summed E-state index contributed by atoms with van der Waals surface area (Å²) in [4.78, 5) is 26.8. The van der Waals surface area contributed by atoms with Crippen LogP contribution in [-0.4, -0.2) is 29.5 Å². The van der Waals surface area contributed by atoms with E-state index >= 15 is 0 Å². The Bertz CT molecular complexity index is 957. The monoisotopic (exact) mass is 379 g/mol. The maximum Gasteiger partial charge on any atom is 0.246 e. The van der Waals surface area contributed by atoms with E-state index in [0.717, 1.165) is 28.5 Å². The first-order chi connectivity index (χ1) is 13.1. The average Bonchev–Trinajstić information content (AvgIpc) is 3.14. The van der Waals surface area contributed by atoms with E-state index in [4.69, 9.17) is 0 Å². The van der Waals surface area contributed by atoms with Gasteiger partial charge in [0, 0.05) is 17.6 Å². The largest absolute Gasteiger partial charge is 0.365 e. The van der Waals surface area contributed by atoms with Crippen LogP contribution < -0.4 is 15.1 Å². The fourth-order valence-corrected chi connectivity index (χ4v) is 3.95. The summed E-state index contributed by atoms with van der Waals surface area (Å²) < 4.78 is 0. The highest BCUT2D eigenvalue weighted by Gasteiger charge is 2.28. The van der Waals surface area contributed by atoms with E-state index < -0.39 is 0 Å². The molecule has 0 saturated heterocycles. The number of rotatable bonds is 4. The minimum absolute atomic E-state index is 0.0500. The Kier molecular flexibility index (Phi) is 4.77. The molecule has 1 aromatic carbocycles. The van der Waals surface area contributed by atoms with Crippen LogP contribution in [0.4, 0.5) is 17.3 Å². The number of para-hydroxylation sites is 1. The van der Waals surface area contributed by atoms with E-state index in [2.05, 4.69) is 26.7 Å². The van der Waals surface area contributed by atoms with Crippen molar-refractivity contribution in [1.29, 1.82) is 0 Å². The van der Waals surface area contributed by atoms with E-state index in [9.17, 15) is 4.79 Å². The summed E-state index contributed by atoms with van der Waals surface area (Å²) in [5.74, 6) is 1.62. The molecule has 138 valence electrons. The molecular formula is C20H21N5OS. The highest BCUT2D eigenvalue weighted by Crippen LogP contribution is 2.31. The topological polar surface area (TPSA) is 61.4 Å². The summed E-state index contributed by atoms with van der Waals surface area (Å²) >= 11 is 1.70. The van der Waals surface area contributed by atoms with Crippen molar-refractivity contribution >= 4 is 34.6 Å². The molecule has 7 heteroatoms. The number of likely N-dealkylation sites (N-methyl/N-ethyl adjacent to an activating group) is 1. The first-order valence-corrected chi connectivity index (χ1v) is 9.68. The summed E-state index contributed by atoms with van der Waals surface area (Å²) in [6.45, 7) is 3.44. The number of thiophene rings is 1. The Labute approximate surface area is 162 Å². The molecule has 0 aliphatic carbocycles. The van der Waals surface area contributed by atoms with Crippen molar-refractivity contribution in [3.8, 4) is 0 Å². The minimum atomic E-state index is 0.0500. The first kappa shape index (κ1) is 17.5. The van der Waals surface area contributed by atoms with Gasteiger partial charge in [-0.05, 0) is 30.0 Å². The number of carbonyl (C=O) groups is 1. The van der Waals surface area contributed by atoms with E-state index in [1.807, 2.05) is 54.1 Å². The highest BCUT2D eigenvalue weighted by atomic mass is 32.1. The molecule has 27 heavy (non-hydrogen) atoms. The van der Waals surface area contributed by atoms with Gasteiger partial charge in [-0.2, -0.15) is 0 Å². The predicted octanol–water partition coefficient (Wildman–Crippen LogP) is 3.44. The maximum absolute atomic E-state index is 12.9. The molecule has 6 nitrogen and oxygen atoms in total. The number of aryl methyl sites for hydroxylation is 1. The molecule has 1 amide bonds. The van der Waals surface area contributed by atoms with Crippen LogP contribution in [0.1, 0.15) is 16.0 Å². The summed E-state index contributed by atoms with van der Waals surface area (Å²) in [6.07, 6.45) is 1.56. The minimum Gasteiger partial charge on any atom is -0.365 e. The molecule has 1 N–H and O–H groups in total. The van der Waals surface area contributed by atoms with Crippen LogP contribution in [0.5, 0.6) is 0 Å². The van der Waals surface area contributed by atoms with E-state index in [1.165, 1.54) is 4.88 Å². The van der Waals surface area contributed by atoms with Gasteiger partial charge in [-0.3, -0.25) is 4.79 Å². The van der Waals surface area contributed by atoms with Gasteiger partial charge in [0.25, 0.3) is 0 Å². The fourth-order valence-electron chi connectivity index (χ4n) is 3.31. The van der Waals surface area contributed by atoms with Gasteiger partial charge in [-0.1, -0.05) is 24.3 Å². The smallest absolute Gasteiger partial charge is 0.246 e. The van der Waals surface area contributed by atoms with Crippen molar-refractivity contribution < 1.29 is 4.79 Å². The first-order valence-electron chi connectivity index (χ1n) is 8.80. The molecule has 3 heterocycles. The summed E-state index contributed by atoms with van der Waals surface area (Å²) in [7, 11) is 1.90. The number of carbonyl (C=O) groups excluding carboxylic acids is 1. The van der Waals surface area contributed by atoms with Gasteiger partial charge in [0.1, 0.15) is 18.0 Å². The molecule has 0 radical (unpaired) electrons. The van der Waals surface area contributed by atoms with Gasteiger partial charge in [0.2, 0.25) is 5.91 Å². The summed E-state index contributed by atoms with van der Waals surface area (Å²) in [6, 6.07) is 12.1. The van der Waals surface area contributed by atoms with Gasteiger partial charge in [-0.25, -0.2) is 9.97 Å². The normalized spacial score (nSPS) is 14.1. The molecular weight excluding hydrogens is 358 g/mol.